The third-order valence-electron chi connectivity index (χ3n) is 16.0. The number of aryl methyl sites for hydroxylation is 1. The van der Waals surface area contributed by atoms with E-state index < -0.39 is 5.97 Å². The van der Waals surface area contributed by atoms with Crippen LogP contribution in [-0.4, -0.2) is 18.4 Å². The molecular formula is C68H68BN2O2S3. The highest BCUT2D eigenvalue weighted by Gasteiger charge is 2.36. The van der Waals surface area contributed by atoms with Crippen molar-refractivity contribution < 1.29 is 9.90 Å². The second-order valence-electron chi connectivity index (χ2n) is 21.8. The summed E-state index contributed by atoms with van der Waals surface area (Å²) in [6.07, 6.45) is 16.8. The van der Waals surface area contributed by atoms with Crippen molar-refractivity contribution >= 4 is 90.7 Å². The Kier molecular flexibility index (Phi) is 15.7. The topological polar surface area (TPSA) is 64.3 Å². The number of rotatable bonds is 21. The fraction of sp³-hybridized carbons (Fsp3) is 0.294. The van der Waals surface area contributed by atoms with Gasteiger partial charge in [-0.25, -0.2) is 4.79 Å². The van der Waals surface area contributed by atoms with Gasteiger partial charge in [0.1, 0.15) is 11.6 Å². The summed E-state index contributed by atoms with van der Waals surface area (Å²) in [5.41, 5.74) is 19.1. The largest absolute Gasteiger partial charge is 0.477 e. The Hall–Kier alpha value is -6.50. The monoisotopic (exact) mass is 1050 g/mol. The molecule has 10 rings (SSSR count). The summed E-state index contributed by atoms with van der Waals surface area (Å²) >= 11 is 5.19. The minimum atomic E-state index is -1.20. The van der Waals surface area contributed by atoms with Crippen LogP contribution < -0.4 is 4.90 Å². The molecule has 2 aliphatic rings. The van der Waals surface area contributed by atoms with E-state index in [9.17, 15) is 15.2 Å². The molecular weight excluding hydrogens is 984 g/mol. The van der Waals surface area contributed by atoms with Gasteiger partial charge in [0.05, 0.1) is 0 Å². The normalized spacial score (nSPS) is 13.9. The maximum Gasteiger partial charge on any atom is 0.346 e. The molecule has 4 nitrogen and oxygen atoms in total. The third-order valence-corrected chi connectivity index (χ3v) is 19.7. The van der Waals surface area contributed by atoms with Crippen LogP contribution in [-0.2, 0) is 22.0 Å². The van der Waals surface area contributed by atoms with Gasteiger partial charge in [-0.1, -0.05) is 188 Å². The van der Waals surface area contributed by atoms with Gasteiger partial charge < -0.3 is 10.0 Å². The van der Waals surface area contributed by atoms with Gasteiger partial charge >= 0.3 is 5.97 Å². The maximum absolute atomic E-state index is 11.6. The van der Waals surface area contributed by atoms with Crippen LogP contribution in [0, 0.1) is 11.3 Å². The standard InChI is InChI=1S/C68H68BN2O2S3/c1-8-11-13-15-21-46-38-59(65-47(22-16-14-12-9-2)39-60(76-65)63-42-62-61(75-63)41-52(74-62)37-48(43-70)66(72)73)69-64(46)45-29-33-50(34-30-45)71(51-35-36-55-54-24-18-20-26-57(54)68(6,7)58(55)40-51)49-31-27-44(28-32-49)53-23-17-19-25-56(53)67(4,5)10-3/h17-20,23-42H,8-16,21-22H2,1-7H3,(H,72,73)/b48-37+. The fourth-order valence-electron chi connectivity index (χ4n) is 11.3. The van der Waals surface area contributed by atoms with E-state index in [1.807, 2.05) is 23.5 Å². The average molecular weight is 1050 g/mol. The number of aliphatic carboxylic acids is 1. The number of anilines is 3. The Morgan fingerprint density at radius 2 is 1.29 bits per heavy atom. The summed E-state index contributed by atoms with van der Waals surface area (Å²) in [7, 11) is 2.48. The zero-order valence-corrected chi connectivity index (χ0v) is 47.6. The van der Waals surface area contributed by atoms with Gasteiger partial charge in [-0.15, -0.1) is 34.0 Å². The van der Waals surface area contributed by atoms with E-state index in [0.29, 0.717) is 0 Å². The minimum Gasteiger partial charge on any atom is -0.477 e. The zero-order chi connectivity index (χ0) is 53.1. The number of carboxylic acids is 1. The van der Waals surface area contributed by atoms with E-state index in [0.717, 1.165) is 63.4 Å². The lowest BCUT2D eigenvalue weighted by molar-refractivity contribution is -0.132. The van der Waals surface area contributed by atoms with Crippen molar-refractivity contribution in [3.63, 3.8) is 0 Å². The van der Waals surface area contributed by atoms with Crippen molar-refractivity contribution in [2.75, 3.05) is 4.90 Å². The first-order chi connectivity index (χ1) is 36.8. The number of fused-ring (bicyclic) bond motifs is 4. The lowest BCUT2D eigenvalue weighted by atomic mass is 9.62. The SMILES string of the molecule is CCCCCCC1=C(c2ccc(N(c3ccc(-c4ccccc4C(C)(C)CC)cc3)c3ccc4c(c3)C(C)(C)c3ccccc3-4)cc2)[B]C(c2sc(-c3cc4sc(/C=C(\C#N)C(=O)O)cc4s3)cc2CCCCCC)=C1. The van der Waals surface area contributed by atoms with Gasteiger partial charge in [0, 0.05) is 51.4 Å². The first-order valence-electron chi connectivity index (χ1n) is 27.5. The molecule has 1 aliphatic heterocycles. The second kappa shape index (κ2) is 22.6. The number of allylic oxidation sites excluding steroid dienone is 2. The molecule has 8 heteroatoms. The number of unbranched alkanes of at least 4 members (excludes halogenated alkanes) is 6. The molecule has 76 heavy (non-hydrogen) atoms. The lowest BCUT2D eigenvalue weighted by Gasteiger charge is -2.29. The Balaban J connectivity index is 1.00. The molecule has 8 aromatic rings. The van der Waals surface area contributed by atoms with Gasteiger partial charge in [-0.2, -0.15) is 5.26 Å². The Morgan fingerprint density at radius 1 is 0.671 bits per heavy atom. The summed E-state index contributed by atoms with van der Waals surface area (Å²) < 4.78 is 2.22. The van der Waals surface area contributed by atoms with Crippen LogP contribution in [0.2, 0.25) is 0 Å². The van der Waals surface area contributed by atoms with Gasteiger partial charge in [-0.05, 0) is 148 Å². The van der Waals surface area contributed by atoms with E-state index in [4.69, 9.17) is 0 Å². The summed E-state index contributed by atoms with van der Waals surface area (Å²) in [5.74, 6) is -1.20. The number of carbonyl (C=O) groups is 1. The van der Waals surface area contributed by atoms with Crippen LogP contribution in [0.5, 0.6) is 0 Å². The second-order valence-corrected chi connectivity index (χ2v) is 25.1. The molecule has 0 spiro atoms. The van der Waals surface area contributed by atoms with Crippen molar-refractivity contribution in [1.82, 2.24) is 0 Å². The molecule has 0 atom stereocenters. The Bertz CT molecular complexity index is 3540. The van der Waals surface area contributed by atoms with Gasteiger partial charge in [0.2, 0.25) is 0 Å². The number of nitriles is 1. The molecule has 0 saturated carbocycles. The number of hydrogen-bond donors (Lipinski definition) is 1. The fourth-order valence-corrected chi connectivity index (χ4v) is 15.0. The number of carboxylic acid groups (broad SMARTS) is 1. The molecule has 0 fully saturated rings. The summed E-state index contributed by atoms with van der Waals surface area (Å²) in [5, 5.41) is 18.8. The van der Waals surface area contributed by atoms with E-state index >= 15 is 0 Å². The molecule has 0 saturated heterocycles. The third kappa shape index (κ3) is 10.6. The van der Waals surface area contributed by atoms with Gasteiger partial charge in [0.25, 0.3) is 0 Å². The molecule has 1 aliphatic carbocycles. The van der Waals surface area contributed by atoms with Crippen LogP contribution in [0.25, 0.3) is 58.4 Å². The highest BCUT2D eigenvalue weighted by atomic mass is 32.1. The summed E-state index contributed by atoms with van der Waals surface area (Å²) in [6.45, 7) is 16.3. The molecule has 0 bridgehead atoms. The molecule has 0 amide bonds. The first kappa shape index (κ1) is 52.9. The quantitative estimate of drug-likeness (QED) is 0.0337. The van der Waals surface area contributed by atoms with Gasteiger partial charge in [0.15, 0.2) is 7.28 Å². The number of benzene rings is 5. The van der Waals surface area contributed by atoms with Crippen molar-refractivity contribution in [1.29, 1.82) is 5.26 Å². The molecule has 1 N–H and O–H groups in total. The van der Waals surface area contributed by atoms with E-state index in [2.05, 4.69) is 194 Å². The van der Waals surface area contributed by atoms with Gasteiger partial charge in [-0.3, -0.25) is 0 Å². The molecule has 4 heterocycles. The van der Waals surface area contributed by atoms with E-state index in [-0.39, 0.29) is 16.4 Å². The number of thiophene rings is 3. The summed E-state index contributed by atoms with van der Waals surface area (Å²) in [4.78, 5) is 18.7. The van der Waals surface area contributed by atoms with Crippen molar-refractivity contribution in [2.45, 2.75) is 130 Å². The van der Waals surface area contributed by atoms with E-state index in [1.54, 1.807) is 11.3 Å². The Labute approximate surface area is 464 Å². The number of hydrogen-bond acceptors (Lipinski definition) is 6. The highest BCUT2D eigenvalue weighted by Crippen LogP contribution is 2.51. The number of nitrogens with zero attached hydrogens (tertiary/aromatic N) is 2. The van der Waals surface area contributed by atoms with Crippen LogP contribution in [0.4, 0.5) is 17.1 Å². The zero-order valence-electron chi connectivity index (χ0n) is 45.2. The predicted octanol–water partition coefficient (Wildman–Crippen LogP) is 20.4. The van der Waals surface area contributed by atoms with Crippen molar-refractivity contribution in [3.05, 3.63) is 188 Å². The average Bonchev–Trinajstić information content (AvgIpc) is 4.29. The summed E-state index contributed by atoms with van der Waals surface area (Å²) in [6, 6.07) is 52.0. The lowest BCUT2D eigenvalue weighted by Crippen LogP contribution is -2.17. The van der Waals surface area contributed by atoms with Crippen molar-refractivity contribution in [3.8, 4) is 38.1 Å². The molecule has 5 aromatic carbocycles. The van der Waals surface area contributed by atoms with Crippen LogP contribution in [0.15, 0.2) is 151 Å². The Morgan fingerprint density at radius 3 is 1.96 bits per heavy atom. The maximum atomic E-state index is 11.6. The van der Waals surface area contributed by atoms with Crippen LogP contribution in [0.3, 0.4) is 0 Å². The highest BCUT2D eigenvalue weighted by molar-refractivity contribution is 7.31. The van der Waals surface area contributed by atoms with Crippen molar-refractivity contribution in [2.24, 2.45) is 0 Å². The smallest absolute Gasteiger partial charge is 0.346 e. The molecule has 1 radical (unpaired) electrons. The van der Waals surface area contributed by atoms with E-state index in [1.165, 1.54) is 137 Å². The predicted molar refractivity (Wildman–Crippen MR) is 329 cm³/mol. The molecule has 3 aromatic heterocycles. The minimum absolute atomic E-state index is 0.0590. The van der Waals surface area contributed by atoms with Crippen LogP contribution >= 0.6 is 34.0 Å². The van der Waals surface area contributed by atoms with Crippen LogP contribution in [0.1, 0.15) is 150 Å². The molecule has 0 unspecified atom stereocenters. The molecule has 383 valence electrons. The first-order valence-corrected chi connectivity index (χ1v) is 29.9.